The number of likely N-dealkylation sites (N-methyl/N-ethyl adjacent to an activating group) is 1. The first-order chi connectivity index (χ1) is 10.1. The number of urea groups is 1. The zero-order valence-corrected chi connectivity index (χ0v) is 14.1. The van der Waals surface area contributed by atoms with Gasteiger partial charge in [0.2, 0.25) is 5.91 Å². The first-order valence-electron chi connectivity index (χ1n) is 7.75. The standard InChI is InChI=1S/C14H30N4O2S/c1-3-16-13(19)12(2)18-14(20)17-10-9-15-8-6-4-5-7-11-21/h12,15,21H,3-11H2,1-2H3,(H,16,19)(H2,17,18,20)/t12-/m1/s1. The Balaban J connectivity index is 3.43. The van der Waals surface area contributed by atoms with Gasteiger partial charge >= 0.3 is 6.03 Å². The van der Waals surface area contributed by atoms with Crippen molar-refractivity contribution in [3.8, 4) is 0 Å². The SMILES string of the molecule is CCNC(=O)[C@@H](C)NC(=O)NCCNCCCCCCS. The molecule has 0 spiro atoms. The number of nitrogens with one attached hydrogen (secondary N) is 4. The molecule has 0 radical (unpaired) electrons. The van der Waals surface area contributed by atoms with Crippen molar-refractivity contribution in [3.63, 3.8) is 0 Å². The third-order valence-corrected chi connectivity index (χ3v) is 3.26. The number of thiol groups is 1. The minimum atomic E-state index is -0.523. The first kappa shape index (κ1) is 20.1. The third kappa shape index (κ3) is 12.5. The van der Waals surface area contributed by atoms with Crippen molar-refractivity contribution < 1.29 is 9.59 Å². The largest absolute Gasteiger partial charge is 0.355 e. The second kappa shape index (κ2) is 14.0. The summed E-state index contributed by atoms with van der Waals surface area (Å²) in [5, 5.41) is 11.2. The molecule has 7 heteroatoms. The number of rotatable bonds is 12. The highest BCUT2D eigenvalue weighted by Crippen LogP contribution is 1.99. The molecular weight excluding hydrogens is 288 g/mol. The summed E-state index contributed by atoms with van der Waals surface area (Å²) in [6, 6.07) is -0.839. The highest BCUT2D eigenvalue weighted by Gasteiger charge is 2.13. The Hall–Kier alpha value is -0.950. The van der Waals surface area contributed by atoms with Crippen LogP contribution in [0.5, 0.6) is 0 Å². The van der Waals surface area contributed by atoms with E-state index >= 15 is 0 Å². The average molecular weight is 318 g/mol. The van der Waals surface area contributed by atoms with E-state index in [9.17, 15) is 9.59 Å². The number of hydrogen-bond acceptors (Lipinski definition) is 4. The van der Waals surface area contributed by atoms with E-state index in [1.807, 2.05) is 6.92 Å². The van der Waals surface area contributed by atoms with E-state index in [0.29, 0.717) is 13.1 Å². The summed E-state index contributed by atoms with van der Waals surface area (Å²) in [6.45, 7) is 6.30. The molecule has 0 aromatic carbocycles. The maximum absolute atomic E-state index is 11.5. The maximum atomic E-state index is 11.5. The van der Waals surface area contributed by atoms with Gasteiger partial charge in [-0.25, -0.2) is 4.79 Å². The van der Waals surface area contributed by atoms with Gasteiger partial charge in [-0.3, -0.25) is 4.79 Å². The molecule has 0 bridgehead atoms. The normalized spacial score (nSPS) is 11.8. The van der Waals surface area contributed by atoms with E-state index in [-0.39, 0.29) is 11.9 Å². The van der Waals surface area contributed by atoms with E-state index < -0.39 is 6.04 Å². The van der Waals surface area contributed by atoms with Gasteiger partial charge in [0.05, 0.1) is 0 Å². The van der Waals surface area contributed by atoms with Gasteiger partial charge in [0.25, 0.3) is 0 Å². The molecule has 0 aliphatic carbocycles. The Morgan fingerprint density at radius 3 is 2.38 bits per heavy atom. The molecule has 1 atom stereocenters. The van der Waals surface area contributed by atoms with Crippen LogP contribution in [0.25, 0.3) is 0 Å². The highest BCUT2D eigenvalue weighted by atomic mass is 32.1. The van der Waals surface area contributed by atoms with Gasteiger partial charge in [0, 0.05) is 19.6 Å². The summed E-state index contributed by atoms with van der Waals surface area (Å²) < 4.78 is 0. The number of hydrogen-bond donors (Lipinski definition) is 5. The summed E-state index contributed by atoms with van der Waals surface area (Å²) in [6.07, 6.45) is 4.76. The van der Waals surface area contributed by atoms with Crippen molar-refractivity contribution in [2.75, 3.05) is 31.9 Å². The molecule has 4 N–H and O–H groups in total. The quantitative estimate of drug-likeness (QED) is 0.274. The second-order valence-corrected chi connectivity index (χ2v) is 5.35. The smallest absolute Gasteiger partial charge is 0.315 e. The van der Waals surface area contributed by atoms with Crippen LogP contribution < -0.4 is 21.3 Å². The Morgan fingerprint density at radius 1 is 1.00 bits per heavy atom. The number of carbonyl (C=O) groups excluding carboxylic acids is 2. The van der Waals surface area contributed by atoms with Crippen molar-refractivity contribution in [3.05, 3.63) is 0 Å². The molecular formula is C14H30N4O2S. The van der Waals surface area contributed by atoms with E-state index in [0.717, 1.165) is 25.3 Å². The van der Waals surface area contributed by atoms with Crippen LogP contribution in [-0.2, 0) is 4.79 Å². The lowest BCUT2D eigenvalue weighted by atomic mass is 10.2. The fraction of sp³-hybridized carbons (Fsp3) is 0.857. The number of carbonyl (C=O) groups is 2. The van der Waals surface area contributed by atoms with Crippen molar-refractivity contribution >= 4 is 24.6 Å². The lowest BCUT2D eigenvalue weighted by molar-refractivity contribution is -0.122. The molecule has 124 valence electrons. The van der Waals surface area contributed by atoms with E-state index in [2.05, 4.69) is 33.9 Å². The van der Waals surface area contributed by atoms with Crippen LogP contribution in [0.4, 0.5) is 4.79 Å². The van der Waals surface area contributed by atoms with Crippen molar-refractivity contribution in [2.24, 2.45) is 0 Å². The summed E-state index contributed by atoms with van der Waals surface area (Å²) in [7, 11) is 0. The van der Waals surface area contributed by atoms with E-state index in [1.165, 1.54) is 19.3 Å². The van der Waals surface area contributed by atoms with Crippen LogP contribution in [0.15, 0.2) is 0 Å². The average Bonchev–Trinajstić information content (AvgIpc) is 2.45. The Morgan fingerprint density at radius 2 is 1.71 bits per heavy atom. The van der Waals surface area contributed by atoms with Gasteiger partial charge in [0.15, 0.2) is 0 Å². The minimum absolute atomic E-state index is 0.174. The van der Waals surface area contributed by atoms with Gasteiger partial charge in [-0.1, -0.05) is 12.8 Å². The molecule has 21 heavy (non-hydrogen) atoms. The second-order valence-electron chi connectivity index (χ2n) is 4.90. The summed E-state index contributed by atoms with van der Waals surface area (Å²) >= 11 is 4.17. The van der Waals surface area contributed by atoms with Crippen molar-refractivity contribution in [1.29, 1.82) is 0 Å². The molecule has 0 fully saturated rings. The predicted octanol–water partition coefficient (Wildman–Crippen LogP) is 0.890. The first-order valence-corrected chi connectivity index (χ1v) is 8.38. The van der Waals surface area contributed by atoms with Gasteiger partial charge in [-0.15, -0.1) is 0 Å². The molecule has 0 saturated heterocycles. The fourth-order valence-corrected chi connectivity index (χ4v) is 1.97. The Kier molecular flexibility index (Phi) is 13.4. The third-order valence-electron chi connectivity index (χ3n) is 2.94. The molecule has 0 saturated carbocycles. The highest BCUT2D eigenvalue weighted by molar-refractivity contribution is 7.80. The van der Waals surface area contributed by atoms with Crippen LogP contribution >= 0.6 is 12.6 Å². The maximum Gasteiger partial charge on any atom is 0.315 e. The van der Waals surface area contributed by atoms with E-state index in [4.69, 9.17) is 0 Å². The molecule has 0 aliphatic heterocycles. The molecule has 0 rings (SSSR count). The summed E-state index contributed by atoms with van der Waals surface area (Å²) in [5.41, 5.74) is 0. The Labute approximate surface area is 133 Å². The molecule has 0 aromatic rings. The molecule has 3 amide bonds. The Bertz CT molecular complexity index is 290. The van der Waals surface area contributed by atoms with Crippen LogP contribution in [0.2, 0.25) is 0 Å². The van der Waals surface area contributed by atoms with E-state index in [1.54, 1.807) is 6.92 Å². The zero-order chi connectivity index (χ0) is 15.9. The van der Waals surface area contributed by atoms with Gasteiger partial charge < -0.3 is 21.3 Å². The van der Waals surface area contributed by atoms with Gasteiger partial charge in [-0.2, -0.15) is 12.6 Å². The number of unbranched alkanes of at least 4 members (excludes halogenated alkanes) is 3. The molecule has 0 aromatic heterocycles. The summed E-state index contributed by atoms with van der Waals surface area (Å²) in [5.74, 6) is 0.785. The van der Waals surface area contributed by atoms with Crippen LogP contribution in [-0.4, -0.2) is 49.9 Å². The molecule has 0 heterocycles. The van der Waals surface area contributed by atoms with Crippen molar-refractivity contribution in [2.45, 2.75) is 45.6 Å². The summed E-state index contributed by atoms with van der Waals surface area (Å²) in [4.78, 5) is 23.0. The topological polar surface area (TPSA) is 82.3 Å². The van der Waals surface area contributed by atoms with Crippen LogP contribution in [0.3, 0.4) is 0 Å². The lowest BCUT2D eigenvalue weighted by Crippen LogP contribution is -2.49. The van der Waals surface area contributed by atoms with Crippen LogP contribution in [0, 0.1) is 0 Å². The molecule has 0 unspecified atom stereocenters. The molecule has 0 aliphatic rings. The molecule has 6 nitrogen and oxygen atoms in total. The number of amides is 3. The zero-order valence-electron chi connectivity index (χ0n) is 13.2. The minimum Gasteiger partial charge on any atom is -0.355 e. The predicted molar refractivity (Wildman–Crippen MR) is 89.9 cm³/mol. The monoisotopic (exact) mass is 318 g/mol. The van der Waals surface area contributed by atoms with Crippen molar-refractivity contribution in [1.82, 2.24) is 21.3 Å². The lowest BCUT2D eigenvalue weighted by Gasteiger charge is -2.14. The van der Waals surface area contributed by atoms with Crippen LogP contribution in [0.1, 0.15) is 39.5 Å². The van der Waals surface area contributed by atoms with Gasteiger partial charge in [0.1, 0.15) is 6.04 Å². The van der Waals surface area contributed by atoms with Gasteiger partial charge in [-0.05, 0) is 39.0 Å². The fourth-order valence-electron chi connectivity index (χ4n) is 1.75.